The van der Waals surface area contributed by atoms with Crippen LogP contribution in [0.25, 0.3) is 0 Å². The molecule has 2 heterocycles. The molecule has 0 radical (unpaired) electrons. The number of fused-ring (bicyclic) bond motifs is 2. The highest BCUT2D eigenvalue weighted by Crippen LogP contribution is 2.46. The number of hydrogen-bond acceptors (Lipinski definition) is 2. The first-order chi connectivity index (χ1) is 4.74. The molecule has 2 saturated heterocycles. The van der Waals surface area contributed by atoms with Crippen LogP contribution >= 0.6 is 0 Å². The molecule has 2 heteroatoms. The van der Waals surface area contributed by atoms with Crippen molar-refractivity contribution in [1.82, 2.24) is 0 Å². The van der Waals surface area contributed by atoms with Crippen LogP contribution in [0.15, 0.2) is 0 Å². The third-order valence-electron chi connectivity index (χ3n) is 2.73. The minimum absolute atomic E-state index is 0.164. The van der Waals surface area contributed by atoms with Crippen LogP contribution in [-0.2, 0) is 4.74 Å². The van der Waals surface area contributed by atoms with E-state index in [1.807, 2.05) is 6.92 Å². The Morgan fingerprint density at radius 3 is 2.70 bits per heavy atom. The van der Waals surface area contributed by atoms with Crippen LogP contribution in [0, 0.1) is 16.7 Å². The summed E-state index contributed by atoms with van der Waals surface area (Å²) in [5, 5.41) is 8.82. The second-order valence-corrected chi connectivity index (χ2v) is 3.56. The predicted molar refractivity (Wildman–Crippen MR) is 36.2 cm³/mol. The average Bonchev–Trinajstić information content (AvgIpc) is 2.46. The lowest BCUT2D eigenvalue weighted by Crippen LogP contribution is -2.26. The largest absolute Gasteiger partial charge is 0.373 e. The van der Waals surface area contributed by atoms with Crippen molar-refractivity contribution in [2.45, 2.75) is 38.4 Å². The molecule has 0 amide bonds. The maximum atomic E-state index is 8.82. The lowest BCUT2D eigenvalue weighted by molar-refractivity contribution is 0.0831. The van der Waals surface area contributed by atoms with Crippen molar-refractivity contribution in [3.8, 4) is 6.07 Å². The molecule has 0 saturated carbocycles. The summed E-state index contributed by atoms with van der Waals surface area (Å²) in [5.41, 5.74) is -0.164. The summed E-state index contributed by atoms with van der Waals surface area (Å²) >= 11 is 0. The van der Waals surface area contributed by atoms with Gasteiger partial charge >= 0.3 is 0 Å². The van der Waals surface area contributed by atoms with E-state index in [1.165, 1.54) is 6.42 Å². The second-order valence-electron chi connectivity index (χ2n) is 3.56. The quantitative estimate of drug-likeness (QED) is 0.506. The van der Waals surface area contributed by atoms with Gasteiger partial charge in [-0.2, -0.15) is 5.26 Å². The molecule has 2 bridgehead atoms. The maximum absolute atomic E-state index is 8.82. The Balaban J connectivity index is 2.24. The first-order valence-electron chi connectivity index (χ1n) is 3.81. The monoisotopic (exact) mass is 137 g/mol. The average molecular weight is 137 g/mol. The van der Waals surface area contributed by atoms with Gasteiger partial charge in [-0.1, -0.05) is 0 Å². The molecule has 2 nitrogen and oxygen atoms in total. The molecule has 0 aliphatic carbocycles. The van der Waals surface area contributed by atoms with Crippen LogP contribution in [0.4, 0.5) is 0 Å². The molecule has 2 fully saturated rings. The van der Waals surface area contributed by atoms with E-state index in [0.29, 0.717) is 6.10 Å². The van der Waals surface area contributed by atoms with Gasteiger partial charge in [0.2, 0.25) is 0 Å². The standard InChI is InChI=1S/C8H11NO/c1-8(5-9)4-6-2-3-7(8)10-6/h6-7H,2-4H2,1H3. The molecule has 54 valence electrons. The van der Waals surface area contributed by atoms with Gasteiger partial charge in [0, 0.05) is 0 Å². The zero-order valence-electron chi connectivity index (χ0n) is 6.13. The van der Waals surface area contributed by atoms with Crippen molar-refractivity contribution in [2.75, 3.05) is 0 Å². The normalized spacial score (nSPS) is 51.2. The van der Waals surface area contributed by atoms with Crippen molar-refractivity contribution >= 4 is 0 Å². The van der Waals surface area contributed by atoms with Gasteiger partial charge in [-0.3, -0.25) is 0 Å². The van der Waals surface area contributed by atoms with Crippen molar-refractivity contribution in [1.29, 1.82) is 5.26 Å². The number of nitriles is 1. The van der Waals surface area contributed by atoms with E-state index in [1.54, 1.807) is 0 Å². The zero-order valence-corrected chi connectivity index (χ0v) is 6.13. The third kappa shape index (κ3) is 0.615. The van der Waals surface area contributed by atoms with Gasteiger partial charge in [-0.15, -0.1) is 0 Å². The summed E-state index contributed by atoms with van der Waals surface area (Å²) in [5.74, 6) is 0. The molecule has 2 aliphatic rings. The number of nitrogens with zero attached hydrogens (tertiary/aromatic N) is 1. The predicted octanol–water partition coefficient (Wildman–Crippen LogP) is 1.47. The highest BCUT2D eigenvalue weighted by atomic mass is 16.5. The van der Waals surface area contributed by atoms with E-state index in [2.05, 4.69) is 6.07 Å². The van der Waals surface area contributed by atoms with Crippen molar-refractivity contribution < 1.29 is 4.74 Å². The molecule has 3 unspecified atom stereocenters. The molecular formula is C8H11NO. The first-order valence-corrected chi connectivity index (χ1v) is 3.81. The lowest BCUT2D eigenvalue weighted by Gasteiger charge is -2.22. The number of ether oxygens (including phenoxy) is 1. The Labute approximate surface area is 60.8 Å². The van der Waals surface area contributed by atoms with E-state index >= 15 is 0 Å². The van der Waals surface area contributed by atoms with E-state index in [4.69, 9.17) is 10.00 Å². The van der Waals surface area contributed by atoms with Crippen molar-refractivity contribution in [2.24, 2.45) is 5.41 Å². The van der Waals surface area contributed by atoms with Crippen LogP contribution in [-0.4, -0.2) is 12.2 Å². The van der Waals surface area contributed by atoms with Crippen LogP contribution in [0.3, 0.4) is 0 Å². The van der Waals surface area contributed by atoms with E-state index in [-0.39, 0.29) is 11.5 Å². The fourth-order valence-corrected chi connectivity index (χ4v) is 2.05. The highest BCUT2D eigenvalue weighted by Gasteiger charge is 2.49. The minimum atomic E-state index is -0.164. The molecule has 0 N–H and O–H groups in total. The molecule has 3 atom stereocenters. The van der Waals surface area contributed by atoms with Crippen LogP contribution in [0.5, 0.6) is 0 Å². The summed E-state index contributed by atoms with van der Waals surface area (Å²) in [7, 11) is 0. The summed E-state index contributed by atoms with van der Waals surface area (Å²) in [4.78, 5) is 0. The molecular weight excluding hydrogens is 126 g/mol. The van der Waals surface area contributed by atoms with Gasteiger partial charge < -0.3 is 4.74 Å². The molecule has 0 aromatic carbocycles. The van der Waals surface area contributed by atoms with Crippen LogP contribution in [0.2, 0.25) is 0 Å². The van der Waals surface area contributed by atoms with Gasteiger partial charge in [0.15, 0.2) is 0 Å². The minimum Gasteiger partial charge on any atom is -0.373 e. The fraction of sp³-hybridized carbons (Fsp3) is 0.875. The number of hydrogen-bond donors (Lipinski definition) is 0. The van der Waals surface area contributed by atoms with Crippen LogP contribution < -0.4 is 0 Å². The Bertz CT molecular complexity index is 196. The van der Waals surface area contributed by atoms with Crippen LogP contribution in [0.1, 0.15) is 26.2 Å². The lowest BCUT2D eigenvalue weighted by atomic mass is 9.77. The topological polar surface area (TPSA) is 33.0 Å². The van der Waals surface area contributed by atoms with Gasteiger partial charge in [0.05, 0.1) is 23.7 Å². The maximum Gasteiger partial charge on any atom is 0.0831 e. The highest BCUT2D eigenvalue weighted by molar-refractivity contribution is 5.09. The van der Waals surface area contributed by atoms with Gasteiger partial charge in [-0.05, 0) is 26.2 Å². The molecule has 0 spiro atoms. The smallest absolute Gasteiger partial charge is 0.0831 e. The van der Waals surface area contributed by atoms with Gasteiger partial charge in [0.25, 0.3) is 0 Å². The Morgan fingerprint density at radius 2 is 2.40 bits per heavy atom. The van der Waals surface area contributed by atoms with Gasteiger partial charge in [-0.25, -0.2) is 0 Å². The third-order valence-corrected chi connectivity index (χ3v) is 2.73. The van der Waals surface area contributed by atoms with Gasteiger partial charge in [0.1, 0.15) is 0 Å². The Hall–Kier alpha value is -0.550. The first kappa shape index (κ1) is 6.18. The molecule has 10 heavy (non-hydrogen) atoms. The summed E-state index contributed by atoms with van der Waals surface area (Å²) in [6, 6.07) is 2.35. The van der Waals surface area contributed by atoms with Crippen molar-refractivity contribution in [3.05, 3.63) is 0 Å². The molecule has 2 aliphatic heterocycles. The van der Waals surface area contributed by atoms with E-state index < -0.39 is 0 Å². The molecule has 0 aromatic rings. The number of rotatable bonds is 0. The zero-order chi connectivity index (χ0) is 7.19. The summed E-state index contributed by atoms with van der Waals surface area (Å²) < 4.78 is 5.56. The fourth-order valence-electron chi connectivity index (χ4n) is 2.05. The Morgan fingerprint density at radius 1 is 1.60 bits per heavy atom. The molecule has 2 rings (SSSR count). The summed E-state index contributed by atoms with van der Waals surface area (Å²) in [6.07, 6.45) is 3.85. The molecule has 0 aromatic heterocycles. The Kier molecular flexibility index (Phi) is 1.07. The van der Waals surface area contributed by atoms with E-state index in [0.717, 1.165) is 12.8 Å². The summed E-state index contributed by atoms with van der Waals surface area (Å²) in [6.45, 7) is 2.01. The van der Waals surface area contributed by atoms with Crippen molar-refractivity contribution in [3.63, 3.8) is 0 Å². The second kappa shape index (κ2) is 1.73. The van der Waals surface area contributed by atoms with E-state index in [9.17, 15) is 0 Å². The SMILES string of the molecule is CC1(C#N)CC2CCC1O2.